The highest BCUT2D eigenvalue weighted by Gasteiger charge is 2.29. The Bertz CT molecular complexity index is 1400. The second-order valence-corrected chi connectivity index (χ2v) is 13.5. The smallest absolute Gasteiger partial charge is 0.303 e. The van der Waals surface area contributed by atoms with Crippen molar-refractivity contribution in [3.8, 4) is 11.1 Å². The van der Waals surface area contributed by atoms with E-state index in [-0.39, 0.29) is 29.9 Å². The van der Waals surface area contributed by atoms with Gasteiger partial charge >= 0.3 is 5.97 Å². The molecule has 0 fully saturated rings. The molecule has 214 valence electrons. The molecule has 0 unspecified atom stereocenters. The number of carboxylic acid groups (broad SMARTS) is 1. The highest BCUT2D eigenvalue weighted by molar-refractivity contribution is 7.89. The molecule has 1 aliphatic rings. The molecule has 40 heavy (non-hydrogen) atoms. The number of aliphatic hydroxyl groups is 1. The maximum Gasteiger partial charge on any atom is 0.303 e. The number of aliphatic carboxylic acids is 1. The molecule has 1 aliphatic carbocycles. The van der Waals surface area contributed by atoms with Gasteiger partial charge in [-0.15, -0.1) is 0 Å². The Labute approximate surface area is 237 Å². The van der Waals surface area contributed by atoms with Crippen molar-refractivity contribution in [3.05, 3.63) is 83.7 Å². The summed E-state index contributed by atoms with van der Waals surface area (Å²) in [6.07, 6.45) is 5.58. The molecule has 0 spiro atoms. The van der Waals surface area contributed by atoms with Crippen molar-refractivity contribution in [1.82, 2.24) is 14.6 Å². The number of likely N-dealkylation sites (N-methyl/N-ethyl adjacent to an activating group) is 1. The number of carboxylic acids is 1. The van der Waals surface area contributed by atoms with Gasteiger partial charge in [0.2, 0.25) is 10.0 Å². The lowest BCUT2D eigenvalue weighted by Gasteiger charge is -2.31. The van der Waals surface area contributed by atoms with Crippen molar-refractivity contribution in [3.63, 3.8) is 0 Å². The van der Waals surface area contributed by atoms with E-state index >= 15 is 0 Å². The fourth-order valence-corrected chi connectivity index (χ4v) is 6.65. The molecule has 0 saturated heterocycles. The molecule has 1 atom stereocenters. The molecule has 0 saturated carbocycles. The molecule has 1 heterocycles. The topological polar surface area (TPSA) is 120 Å². The third-order valence-electron chi connectivity index (χ3n) is 7.55. The lowest BCUT2D eigenvalue weighted by Crippen LogP contribution is -2.47. The zero-order chi connectivity index (χ0) is 28.9. The Kier molecular flexibility index (Phi) is 9.41. The highest BCUT2D eigenvalue weighted by Crippen LogP contribution is 2.32. The van der Waals surface area contributed by atoms with Crippen LogP contribution in [0.4, 0.5) is 0 Å². The van der Waals surface area contributed by atoms with E-state index in [4.69, 9.17) is 5.11 Å². The summed E-state index contributed by atoms with van der Waals surface area (Å²) < 4.78 is 27.7. The Hall–Kier alpha value is -3.11. The highest BCUT2D eigenvalue weighted by atomic mass is 32.2. The van der Waals surface area contributed by atoms with Crippen LogP contribution in [0.5, 0.6) is 0 Å². The van der Waals surface area contributed by atoms with E-state index in [2.05, 4.69) is 48.4 Å². The van der Waals surface area contributed by atoms with Gasteiger partial charge in [0.25, 0.3) is 0 Å². The standard InChI is InChI=1S/C31H39N3O5S/c1-31(2,17-23-14-25-6-4-5-7-26(25)15-23)33-19-28(35)21-34(3)40(38,39)29-16-27(18-32-20-29)24-11-8-22(9-12-24)10-13-30(36)37/h4-9,11-12,16,18,20,23,28,33,35H,10,13-15,17,19,21H2,1-3H3,(H,36,37)/t28-/m1/s1. The van der Waals surface area contributed by atoms with Gasteiger partial charge in [0, 0.05) is 50.1 Å². The van der Waals surface area contributed by atoms with E-state index in [1.165, 1.54) is 24.4 Å². The summed E-state index contributed by atoms with van der Waals surface area (Å²) in [6.45, 7) is 4.47. The number of aliphatic hydroxyl groups excluding tert-OH is 1. The summed E-state index contributed by atoms with van der Waals surface area (Å²) in [5.41, 5.74) is 4.94. The summed E-state index contributed by atoms with van der Waals surface area (Å²) >= 11 is 0. The maximum absolute atomic E-state index is 13.3. The van der Waals surface area contributed by atoms with Gasteiger partial charge in [0.1, 0.15) is 4.90 Å². The van der Waals surface area contributed by atoms with E-state index in [1.807, 2.05) is 24.3 Å². The number of rotatable bonds is 13. The fourth-order valence-electron chi connectivity index (χ4n) is 5.45. The third kappa shape index (κ3) is 7.75. The monoisotopic (exact) mass is 565 g/mol. The van der Waals surface area contributed by atoms with Crippen LogP contribution >= 0.6 is 0 Å². The lowest BCUT2D eigenvalue weighted by atomic mass is 9.88. The molecule has 0 bridgehead atoms. The molecule has 0 aliphatic heterocycles. The zero-order valence-corrected chi connectivity index (χ0v) is 24.2. The van der Waals surface area contributed by atoms with Gasteiger partial charge in [-0.25, -0.2) is 8.42 Å². The number of nitrogens with zero attached hydrogens (tertiary/aromatic N) is 2. The first-order valence-corrected chi connectivity index (χ1v) is 15.1. The van der Waals surface area contributed by atoms with Crippen molar-refractivity contribution in [1.29, 1.82) is 0 Å². The van der Waals surface area contributed by atoms with Gasteiger partial charge in [0.05, 0.1) is 6.10 Å². The molecule has 9 heteroatoms. The second-order valence-electron chi connectivity index (χ2n) is 11.5. The SMILES string of the molecule is CN(C[C@H](O)CNC(C)(C)CC1Cc2ccccc2C1)S(=O)(=O)c1cncc(-c2ccc(CCC(=O)O)cc2)c1. The largest absolute Gasteiger partial charge is 0.481 e. The number of nitrogens with one attached hydrogen (secondary N) is 1. The molecule has 8 nitrogen and oxygen atoms in total. The molecular formula is C31H39N3O5S. The number of fused-ring (bicyclic) bond motifs is 1. The lowest BCUT2D eigenvalue weighted by molar-refractivity contribution is -0.136. The van der Waals surface area contributed by atoms with E-state index in [0.717, 1.165) is 34.7 Å². The predicted octanol–water partition coefficient (Wildman–Crippen LogP) is 3.92. The summed E-state index contributed by atoms with van der Waals surface area (Å²) in [5, 5.41) is 23.0. The molecule has 1 aromatic heterocycles. The number of hydrogen-bond acceptors (Lipinski definition) is 6. The third-order valence-corrected chi connectivity index (χ3v) is 9.34. The van der Waals surface area contributed by atoms with Crippen LogP contribution in [-0.2, 0) is 34.1 Å². The Morgan fingerprint density at radius 3 is 2.35 bits per heavy atom. The van der Waals surface area contributed by atoms with Crippen LogP contribution in [0.15, 0.2) is 71.9 Å². The quantitative estimate of drug-likeness (QED) is 0.287. The second kappa shape index (κ2) is 12.6. The van der Waals surface area contributed by atoms with Gasteiger partial charge in [-0.2, -0.15) is 4.31 Å². The summed E-state index contributed by atoms with van der Waals surface area (Å²) in [5.74, 6) is -0.309. The molecule has 3 aromatic rings. The van der Waals surface area contributed by atoms with E-state index < -0.39 is 22.1 Å². The molecule has 4 rings (SSSR count). The number of benzene rings is 2. The molecule has 0 amide bonds. The normalized spacial score (nSPS) is 14.8. The number of carbonyl (C=O) groups is 1. The van der Waals surface area contributed by atoms with Crippen molar-refractivity contribution in [2.75, 3.05) is 20.1 Å². The minimum absolute atomic E-state index is 0.0451. The minimum atomic E-state index is -3.88. The van der Waals surface area contributed by atoms with E-state index in [0.29, 0.717) is 17.9 Å². The number of sulfonamides is 1. The summed E-state index contributed by atoms with van der Waals surface area (Å²) in [7, 11) is -2.41. The number of hydrogen-bond donors (Lipinski definition) is 3. The van der Waals surface area contributed by atoms with Gasteiger partial charge in [-0.1, -0.05) is 48.5 Å². The number of β-amino-alcohol motifs (C(OH)–C–C–N with tert-alkyl or cyclic N) is 1. The predicted molar refractivity (Wildman–Crippen MR) is 155 cm³/mol. The minimum Gasteiger partial charge on any atom is -0.481 e. The van der Waals surface area contributed by atoms with Crippen LogP contribution in [-0.4, -0.2) is 65.7 Å². The van der Waals surface area contributed by atoms with Crippen LogP contribution in [0.1, 0.15) is 43.4 Å². The molecule has 3 N–H and O–H groups in total. The van der Waals surface area contributed by atoms with Crippen LogP contribution in [0.3, 0.4) is 0 Å². The Balaban J connectivity index is 1.32. The van der Waals surface area contributed by atoms with Crippen molar-refractivity contribution in [2.24, 2.45) is 5.92 Å². The van der Waals surface area contributed by atoms with E-state index in [9.17, 15) is 18.3 Å². The van der Waals surface area contributed by atoms with Gasteiger partial charge < -0.3 is 15.5 Å². The first-order chi connectivity index (χ1) is 18.9. The summed E-state index contributed by atoms with van der Waals surface area (Å²) in [6, 6.07) is 17.5. The number of aryl methyl sites for hydroxylation is 1. The number of pyridine rings is 1. The first-order valence-electron chi connectivity index (χ1n) is 13.7. The van der Waals surface area contributed by atoms with Crippen molar-refractivity contribution >= 4 is 16.0 Å². The molecule has 2 aromatic carbocycles. The van der Waals surface area contributed by atoms with Gasteiger partial charge in [-0.05, 0) is 73.8 Å². The molecular weight excluding hydrogens is 526 g/mol. The van der Waals surface area contributed by atoms with Gasteiger partial charge in [0.15, 0.2) is 0 Å². The Morgan fingerprint density at radius 2 is 1.73 bits per heavy atom. The van der Waals surface area contributed by atoms with Gasteiger partial charge in [-0.3, -0.25) is 9.78 Å². The Morgan fingerprint density at radius 1 is 1.07 bits per heavy atom. The average Bonchev–Trinajstić information content (AvgIpc) is 3.32. The van der Waals surface area contributed by atoms with E-state index in [1.54, 1.807) is 12.3 Å². The summed E-state index contributed by atoms with van der Waals surface area (Å²) in [4.78, 5) is 15.0. The maximum atomic E-state index is 13.3. The average molecular weight is 566 g/mol. The first kappa shape index (κ1) is 29.9. The van der Waals surface area contributed by atoms with Crippen molar-refractivity contribution in [2.45, 2.75) is 62.5 Å². The van der Waals surface area contributed by atoms with Crippen LogP contribution in [0.25, 0.3) is 11.1 Å². The van der Waals surface area contributed by atoms with Crippen molar-refractivity contribution < 1.29 is 23.4 Å². The van der Waals surface area contributed by atoms with Crippen LogP contribution < -0.4 is 5.32 Å². The van der Waals surface area contributed by atoms with Crippen LogP contribution in [0, 0.1) is 5.92 Å². The number of aromatic nitrogens is 1. The fraction of sp³-hybridized carbons (Fsp3) is 0.419. The van der Waals surface area contributed by atoms with Crippen LogP contribution in [0.2, 0.25) is 0 Å². The zero-order valence-electron chi connectivity index (χ0n) is 23.4. The molecule has 0 radical (unpaired) electrons.